The Balaban J connectivity index is 1.97. The topological polar surface area (TPSA) is 41.1 Å². The molecule has 0 fully saturated rings. The zero-order chi connectivity index (χ0) is 15.8. The molecule has 2 aromatic rings. The lowest BCUT2D eigenvalue weighted by molar-refractivity contribution is 0.102. The lowest BCUT2D eigenvalue weighted by Gasteiger charge is -2.09. The molecule has 3 nitrogen and oxygen atoms in total. The molecule has 0 saturated heterocycles. The second-order valence-electron chi connectivity index (χ2n) is 5.54. The molecular weight excluding hydrogens is 272 g/mol. The Bertz CT molecular complexity index is 622. The number of carbonyl (C=O) groups is 1. The largest absolute Gasteiger partial charge is 0.385 e. The number of unbranched alkanes of at least 4 members (excludes halogenated alkanes) is 2. The van der Waals surface area contributed by atoms with Gasteiger partial charge < -0.3 is 10.6 Å². The van der Waals surface area contributed by atoms with Crippen molar-refractivity contribution in [1.29, 1.82) is 0 Å². The fraction of sp³-hybridized carbons (Fsp3) is 0.316. The molecule has 2 N–H and O–H groups in total. The summed E-state index contributed by atoms with van der Waals surface area (Å²) < 4.78 is 0. The van der Waals surface area contributed by atoms with Gasteiger partial charge in [-0.15, -0.1) is 0 Å². The second kappa shape index (κ2) is 8.23. The van der Waals surface area contributed by atoms with E-state index in [1.165, 1.54) is 12.8 Å². The third-order valence-electron chi connectivity index (χ3n) is 3.51. The Hall–Kier alpha value is -2.29. The van der Waals surface area contributed by atoms with Gasteiger partial charge in [-0.1, -0.05) is 38.0 Å². The summed E-state index contributed by atoms with van der Waals surface area (Å²) in [5.74, 6) is -0.0807. The van der Waals surface area contributed by atoms with Crippen molar-refractivity contribution in [3.05, 3.63) is 59.7 Å². The molecule has 3 heteroatoms. The normalized spacial score (nSPS) is 10.3. The van der Waals surface area contributed by atoms with E-state index in [-0.39, 0.29) is 5.91 Å². The van der Waals surface area contributed by atoms with Crippen molar-refractivity contribution in [2.24, 2.45) is 0 Å². The van der Waals surface area contributed by atoms with Crippen LogP contribution in [0.4, 0.5) is 11.4 Å². The molecule has 0 saturated carbocycles. The van der Waals surface area contributed by atoms with Crippen LogP contribution in [-0.4, -0.2) is 12.5 Å². The van der Waals surface area contributed by atoms with Gasteiger partial charge in [0.05, 0.1) is 0 Å². The molecule has 22 heavy (non-hydrogen) atoms. The van der Waals surface area contributed by atoms with Gasteiger partial charge in [0.15, 0.2) is 0 Å². The predicted molar refractivity (Wildman–Crippen MR) is 93.6 cm³/mol. The molecule has 0 aromatic heterocycles. The minimum Gasteiger partial charge on any atom is -0.385 e. The third kappa shape index (κ3) is 4.92. The highest BCUT2D eigenvalue weighted by Gasteiger charge is 2.06. The van der Waals surface area contributed by atoms with Gasteiger partial charge in [-0.2, -0.15) is 0 Å². The summed E-state index contributed by atoms with van der Waals surface area (Å²) in [6.07, 6.45) is 3.58. The first kappa shape index (κ1) is 16.1. The number of aryl methyl sites for hydroxylation is 1. The standard InChI is InChI=1S/C19H24N2O/c1-3-4-5-12-20-17-10-7-9-16(14-17)19(22)21-18-11-6-8-15(2)13-18/h6-11,13-14,20H,3-5,12H2,1-2H3,(H,21,22). The summed E-state index contributed by atoms with van der Waals surface area (Å²) in [7, 11) is 0. The van der Waals surface area contributed by atoms with Crippen LogP contribution in [0.1, 0.15) is 42.1 Å². The first-order valence-corrected chi connectivity index (χ1v) is 7.91. The van der Waals surface area contributed by atoms with Crippen LogP contribution in [0, 0.1) is 6.92 Å². The highest BCUT2D eigenvalue weighted by Crippen LogP contribution is 2.15. The monoisotopic (exact) mass is 296 g/mol. The minimum atomic E-state index is -0.0807. The van der Waals surface area contributed by atoms with Crippen molar-refractivity contribution >= 4 is 17.3 Å². The molecule has 116 valence electrons. The van der Waals surface area contributed by atoms with E-state index in [9.17, 15) is 4.79 Å². The van der Waals surface area contributed by atoms with Gasteiger partial charge in [-0.3, -0.25) is 4.79 Å². The van der Waals surface area contributed by atoms with Gasteiger partial charge in [0.25, 0.3) is 5.91 Å². The summed E-state index contributed by atoms with van der Waals surface area (Å²) in [5.41, 5.74) is 3.62. The van der Waals surface area contributed by atoms with Crippen LogP contribution in [0.2, 0.25) is 0 Å². The number of benzene rings is 2. The quantitative estimate of drug-likeness (QED) is 0.717. The lowest BCUT2D eigenvalue weighted by atomic mass is 10.1. The highest BCUT2D eigenvalue weighted by molar-refractivity contribution is 6.04. The maximum Gasteiger partial charge on any atom is 0.255 e. The van der Waals surface area contributed by atoms with Crippen LogP contribution in [0.15, 0.2) is 48.5 Å². The van der Waals surface area contributed by atoms with E-state index < -0.39 is 0 Å². The Morgan fingerprint density at radius 1 is 1.00 bits per heavy atom. The highest BCUT2D eigenvalue weighted by atomic mass is 16.1. The SMILES string of the molecule is CCCCCNc1cccc(C(=O)Nc2cccc(C)c2)c1. The summed E-state index contributed by atoms with van der Waals surface area (Å²) in [6, 6.07) is 15.5. The lowest BCUT2D eigenvalue weighted by Crippen LogP contribution is -2.12. The Morgan fingerprint density at radius 3 is 2.55 bits per heavy atom. The van der Waals surface area contributed by atoms with Crippen molar-refractivity contribution < 1.29 is 4.79 Å². The average molecular weight is 296 g/mol. The number of hydrogen-bond donors (Lipinski definition) is 2. The average Bonchev–Trinajstić information content (AvgIpc) is 2.52. The van der Waals surface area contributed by atoms with E-state index in [1.807, 2.05) is 55.5 Å². The second-order valence-corrected chi connectivity index (χ2v) is 5.54. The molecule has 0 radical (unpaired) electrons. The number of carbonyl (C=O) groups excluding carboxylic acids is 1. The fourth-order valence-electron chi connectivity index (χ4n) is 2.30. The molecule has 0 unspecified atom stereocenters. The van der Waals surface area contributed by atoms with E-state index in [0.717, 1.165) is 29.9 Å². The number of anilines is 2. The number of rotatable bonds is 7. The summed E-state index contributed by atoms with van der Waals surface area (Å²) in [4.78, 5) is 12.3. The summed E-state index contributed by atoms with van der Waals surface area (Å²) >= 11 is 0. The Kier molecular flexibility index (Phi) is 6.01. The summed E-state index contributed by atoms with van der Waals surface area (Å²) in [5, 5.41) is 6.30. The van der Waals surface area contributed by atoms with Gasteiger partial charge >= 0.3 is 0 Å². The van der Waals surface area contributed by atoms with Gasteiger partial charge in [0, 0.05) is 23.5 Å². The van der Waals surface area contributed by atoms with Crippen molar-refractivity contribution in [3.8, 4) is 0 Å². The molecule has 2 rings (SSSR count). The van der Waals surface area contributed by atoms with Gasteiger partial charge in [-0.05, 0) is 49.2 Å². The van der Waals surface area contributed by atoms with Crippen molar-refractivity contribution in [2.75, 3.05) is 17.2 Å². The Morgan fingerprint density at radius 2 is 1.77 bits per heavy atom. The van der Waals surface area contributed by atoms with Crippen LogP contribution in [0.3, 0.4) is 0 Å². The van der Waals surface area contributed by atoms with Gasteiger partial charge in [-0.25, -0.2) is 0 Å². The van der Waals surface area contributed by atoms with E-state index in [2.05, 4.69) is 17.6 Å². The van der Waals surface area contributed by atoms with Crippen molar-refractivity contribution in [2.45, 2.75) is 33.1 Å². The van der Waals surface area contributed by atoms with E-state index in [1.54, 1.807) is 0 Å². The Labute approximate surface area is 132 Å². The first-order chi connectivity index (χ1) is 10.7. The van der Waals surface area contributed by atoms with Gasteiger partial charge in [0.1, 0.15) is 0 Å². The number of hydrogen-bond acceptors (Lipinski definition) is 2. The molecule has 0 heterocycles. The molecule has 0 aliphatic rings. The third-order valence-corrected chi connectivity index (χ3v) is 3.51. The van der Waals surface area contributed by atoms with Gasteiger partial charge in [0.2, 0.25) is 0 Å². The molecule has 2 aromatic carbocycles. The van der Waals surface area contributed by atoms with Crippen LogP contribution < -0.4 is 10.6 Å². The molecule has 0 atom stereocenters. The fourth-order valence-corrected chi connectivity index (χ4v) is 2.30. The molecule has 0 bridgehead atoms. The van der Waals surface area contributed by atoms with Crippen LogP contribution in [0.25, 0.3) is 0 Å². The van der Waals surface area contributed by atoms with Crippen LogP contribution in [0.5, 0.6) is 0 Å². The van der Waals surface area contributed by atoms with Crippen LogP contribution >= 0.6 is 0 Å². The molecule has 0 spiro atoms. The molecule has 0 aliphatic heterocycles. The van der Waals surface area contributed by atoms with E-state index in [0.29, 0.717) is 5.56 Å². The maximum absolute atomic E-state index is 12.3. The van der Waals surface area contributed by atoms with E-state index in [4.69, 9.17) is 0 Å². The van der Waals surface area contributed by atoms with Crippen molar-refractivity contribution in [3.63, 3.8) is 0 Å². The minimum absolute atomic E-state index is 0.0807. The van der Waals surface area contributed by atoms with E-state index >= 15 is 0 Å². The van der Waals surface area contributed by atoms with Crippen molar-refractivity contribution in [1.82, 2.24) is 0 Å². The molecular formula is C19H24N2O. The zero-order valence-electron chi connectivity index (χ0n) is 13.4. The number of amides is 1. The van der Waals surface area contributed by atoms with Crippen LogP contribution in [-0.2, 0) is 0 Å². The summed E-state index contributed by atoms with van der Waals surface area (Å²) in [6.45, 7) is 5.14. The zero-order valence-corrected chi connectivity index (χ0v) is 13.4. The molecule has 1 amide bonds. The maximum atomic E-state index is 12.3. The molecule has 0 aliphatic carbocycles. The smallest absolute Gasteiger partial charge is 0.255 e. The number of nitrogens with one attached hydrogen (secondary N) is 2. The predicted octanol–water partition coefficient (Wildman–Crippen LogP) is 4.85. The first-order valence-electron chi connectivity index (χ1n) is 7.91.